The molecule has 2 aromatic heterocycles. The van der Waals surface area contributed by atoms with Crippen molar-refractivity contribution in [1.29, 1.82) is 0 Å². The topological polar surface area (TPSA) is 64.1 Å². The molecule has 5 heteroatoms. The van der Waals surface area contributed by atoms with Crippen molar-refractivity contribution in [3.8, 4) is 0 Å². The Morgan fingerprint density at radius 1 is 1.28 bits per heavy atom. The molecule has 0 spiro atoms. The first kappa shape index (κ1) is 12.0. The molecular formula is C13H13N3O2. The number of hydrogen-bond acceptors (Lipinski definition) is 5. The van der Waals surface area contributed by atoms with E-state index in [1.807, 2.05) is 18.2 Å². The molecular weight excluding hydrogens is 230 g/mol. The molecule has 0 aliphatic carbocycles. The van der Waals surface area contributed by atoms with E-state index in [1.54, 1.807) is 24.5 Å². The number of hydrogen-bond donors (Lipinski definition) is 1. The SMILES string of the molecule is COC(=O)c1cc(NCc2ccccn2)ccn1. The fourth-order valence-electron chi connectivity index (χ4n) is 1.45. The molecule has 0 radical (unpaired) electrons. The van der Waals surface area contributed by atoms with Gasteiger partial charge in [-0.25, -0.2) is 9.78 Å². The van der Waals surface area contributed by atoms with E-state index in [4.69, 9.17) is 0 Å². The van der Waals surface area contributed by atoms with Crippen LogP contribution >= 0.6 is 0 Å². The minimum Gasteiger partial charge on any atom is -0.464 e. The van der Waals surface area contributed by atoms with E-state index >= 15 is 0 Å². The van der Waals surface area contributed by atoms with Gasteiger partial charge in [0.1, 0.15) is 5.69 Å². The van der Waals surface area contributed by atoms with Gasteiger partial charge in [0.05, 0.1) is 19.3 Å². The maximum absolute atomic E-state index is 11.3. The van der Waals surface area contributed by atoms with E-state index in [2.05, 4.69) is 20.0 Å². The van der Waals surface area contributed by atoms with E-state index in [9.17, 15) is 4.79 Å². The molecule has 0 amide bonds. The zero-order valence-corrected chi connectivity index (χ0v) is 9.96. The van der Waals surface area contributed by atoms with Crippen molar-refractivity contribution in [2.75, 3.05) is 12.4 Å². The molecule has 0 unspecified atom stereocenters. The first-order valence-electron chi connectivity index (χ1n) is 5.48. The highest BCUT2D eigenvalue weighted by atomic mass is 16.5. The summed E-state index contributed by atoms with van der Waals surface area (Å²) in [5.74, 6) is -0.448. The number of carbonyl (C=O) groups is 1. The van der Waals surface area contributed by atoms with Crippen LogP contribution in [0.5, 0.6) is 0 Å². The Kier molecular flexibility index (Phi) is 3.86. The molecule has 92 valence electrons. The number of methoxy groups -OCH3 is 1. The number of rotatable bonds is 4. The maximum atomic E-state index is 11.3. The second-order valence-electron chi connectivity index (χ2n) is 3.60. The van der Waals surface area contributed by atoms with Crippen molar-refractivity contribution in [2.45, 2.75) is 6.54 Å². The van der Waals surface area contributed by atoms with Gasteiger partial charge in [0.15, 0.2) is 0 Å². The Bertz CT molecular complexity index is 529. The Labute approximate surface area is 105 Å². The van der Waals surface area contributed by atoms with Crippen LogP contribution in [0.2, 0.25) is 0 Å². The first-order valence-corrected chi connectivity index (χ1v) is 5.48. The van der Waals surface area contributed by atoms with E-state index in [0.717, 1.165) is 11.4 Å². The van der Waals surface area contributed by atoms with Crippen LogP contribution in [0.4, 0.5) is 5.69 Å². The van der Waals surface area contributed by atoms with Gasteiger partial charge in [-0.1, -0.05) is 6.07 Å². The summed E-state index contributed by atoms with van der Waals surface area (Å²) < 4.78 is 4.61. The number of esters is 1. The van der Waals surface area contributed by atoms with Crippen molar-refractivity contribution in [3.63, 3.8) is 0 Å². The highest BCUT2D eigenvalue weighted by Gasteiger charge is 2.07. The zero-order chi connectivity index (χ0) is 12.8. The van der Waals surface area contributed by atoms with Gasteiger partial charge in [-0.05, 0) is 24.3 Å². The zero-order valence-electron chi connectivity index (χ0n) is 9.96. The smallest absolute Gasteiger partial charge is 0.356 e. The van der Waals surface area contributed by atoms with Crippen LogP contribution < -0.4 is 5.32 Å². The van der Waals surface area contributed by atoms with Crippen molar-refractivity contribution >= 4 is 11.7 Å². The predicted molar refractivity (Wildman–Crippen MR) is 67.1 cm³/mol. The van der Waals surface area contributed by atoms with Crippen LogP contribution in [0.15, 0.2) is 42.7 Å². The van der Waals surface area contributed by atoms with Gasteiger partial charge in [-0.2, -0.15) is 0 Å². The standard InChI is InChI=1S/C13H13N3O2/c1-18-13(17)12-8-10(5-7-15-12)16-9-11-4-2-3-6-14-11/h2-8H,9H2,1H3,(H,15,16). The summed E-state index contributed by atoms with van der Waals surface area (Å²) >= 11 is 0. The van der Waals surface area contributed by atoms with Crippen molar-refractivity contribution in [1.82, 2.24) is 9.97 Å². The average Bonchev–Trinajstić information content (AvgIpc) is 2.45. The largest absolute Gasteiger partial charge is 0.464 e. The Morgan fingerprint density at radius 2 is 2.17 bits per heavy atom. The van der Waals surface area contributed by atoms with Crippen LogP contribution in [-0.4, -0.2) is 23.0 Å². The monoisotopic (exact) mass is 243 g/mol. The Hall–Kier alpha value is -2.43. The summed E-state index contributed by atoms with van der Waals surface area (Å²) in [6.45, 7) is 0.589. The average molecular weight is 243 g/mol. The molecule has 2 rings (SSSR count). The lowest BCUT2D eigenvalue weighted by Gasteiger charge is -2.06. The van der Waals surface area contributed by atoms with E-state index < -0.39 is 5.97 Å². The number of carbonyl (C=O) groups excluding carboxylic acids is 1. The van der Waals surface area contributed by atoms with Gasteiger partial charge in [-0.3, -0.25) is 4.98 Å². The van der Waals surface area contributed by atoms with Gasteiger partial charge < -0.3 is 10.1 Å². The van der Waals surface area contributed by atoms with Crippen molar-refractivity contribution in [2.24, 2.45) is 0 Å². The summed E-state index contributed by atoms with van der Waals surface area (Å²) in [4.78, 5) is 19.4. The third-order valence-electron chi connectivity index (χ3n) is 2.35. The van der Waals surface area contributed by atoms with Gasteiger partial charge in [0.25, 0.3) is 0 Å². The minimum atomic E-state index is -0.448. The molecule has 2 aromatic rings. The molecule has 0 fully saturated rings. The number of anilines is 1. The molecule has 0 aliphatic rings. The number of nitrogens with zero attached hydrogens (tertiary/aromatic N) is 2. The van der Waals surface area contributed by atoms with Gasteiger partial charge >= 0.3 is 5.97 Å². The molecule has 0 saturated carbocycles. The second-order valence-corrected chi connectivity index (χ2v) is 3.60. The summed E-state index contributed by atoms with van der Waals surface area (Å²) in [6.07, 6.45) is 3.30. The molecule has 5 nitrogen and oxygen atoms in total. The third-order valence-corrected chi connectivity index (χ3v) is 2.35. The number of nitrogens with one attached hydrogen (secondary N) is 1. The van der Waals surface area contributed by atoms with Gasteiger partial charge in [0, 0.05) is 18.1 Å². The first-order chi connectivity index (χ1) is 8.79. The van der Waals surface area contributed by atoms with Crippen molar-refractivity contribution in [3.05, 3.63) is 54.1 Å². The summed E-state index contributed by atoms with van der Waals surface area (Å²) in [7, 11) is 1.33. The normalized spacial score (nSPS) is 9.83. The molecule has 1 N–H and O–H groups in total. The highest BCUT2D eigenvalue weighted by Crippen LogP contribution is 2.10. The van der Waals surface area contributed by atoms with Crippen LogP contribution in [0.3, 0.4) is 0 Å². The third kappa shape index (κ3) is 3.04. The molecule has 0 aromatic carbocycles. The lowest BCUT2D eigenvalue weighted by Crippen LogP contribution is -2.06. The van der Waals surface area contributed by atoms with E-state index in [0.29, 0.717) is 6.54 Å². The fourth-order valence-corrected chi connectivity index (χ4v) is 1.45. The lowest BCUT2D eigenvalue weighted by atomic mass is 10.3. The summed E-state index contributed by atoms with van der Waals surface area (Å²) in [5.41, 5.74) is 2.01. The number of pyridine rings is 2. The van der Waals surface area contributed by atoms with Crippen LogP contribution in [-0.2, 0) is 11.3 Å². The molecule has 2 heterocycles. The van der Waals surface area contributed by atoms with Crippen molar-refractivity contribution < 1.29 is 9.53 Å². The Balaban J connectivity index is 2.04. The van der Waals surface area contributed by atoms with Crippen LogP contribution in [0, 0.1) is 0 Å². The quantitative estimate of drug-likeness (QED) is 0.830. The second kappa shape index (κ2) is 5.77. The number of aromatic nitrogens is 2. The molecule has 0 aliphatic heterocycles. The molecule has 0 atom stereocenters. The predicted octanol–water partition coefficient (Wildman–Crippen LogP) is 1.88. The summed E-state index contributed by atoms with van der Waals surface area (Å²) in [6, 6.07) is 9.15. The summed E-state index contributed by atoms with van der Waals surface area (Å²) in [5, 5.41) is 3.17. The highest BCUT2D eigenvalue weighted by molar-refractivity contribution is 5.88. The van der Waals surface area contributed by atoms with Gasteiger partial charge in [0.2, 0.25) is 0 Å². The Morgan fingerprint density at radius 3 is 2.89 bits per heavy atom. The van der Waals surface area contributed by atoms with E-state index in [-0.39, 0.29) is 5.69 Å². The molecule has 0 bridgehead atoms. The maximum Gasteiger partial charge on any atom is 0.356 e. The molecule has 0 saturated heterocycles. The molecule has 18 heavy (non-hydrogen) atoms. The van der Waals surface area contributed by atoms with Crippen LogP contribution in [0.1, 0.15) is 16.2 Å². The fraction of sp³-hybridized carbons (Fsp3) is 0.154. The minimum absolute atomic E-state index is 0.281. The van der Waals surface area contributed by atoms with E-state index in [1.165, 1.54) is 7.11 Å². The van der Waals surface area contributed by atoms with Crippen LogP contribution in [0.25, 0.3) is 0 Å². The lowest BCUT2D eigenvalue weighted by molar-refractivity contribution is 0.0594. The number of ether oxygens (including phenoxy) is 1. The van der Waals surface area contributed by atoms with Gasteiger partial charge in [-0.15, -0.1) is 0 Å².